The molecule has 1 aliphatic heterocycles. The van der Waals surface area contributed by atoms with Crippen LogP contribution in [0, 0.1) is 0 Å². The van der Waals surface area contributed by atoms with E-state index in [0.717, 1.165) is 12.8 Å². The van der Waals surface area contributed by atoms with E-state index in [-0.39, 0.29) is 5.56 Å². The van der Waals surface area contributed by atoms with Crippen LogP contribution in [0.3, 0.4) is 0 Å². The SMILES string of the molecule is O=C(NS(=O)(=O)N1CCCC1)c1cccnc1. The molecule has 1 aromatic heterocycles. The van der Waals surface area contributed by atoms with Gasteiger partial charge in [-0.2, -0.15) is 12.7 Å². The van der Waals surface area contributed by atoms with E-state index in [2.05, 4.69) is 4.98 Å². The van der Waals surface area contributed by atoms with Crippen molar-refractivity contribution in [3.63, 3.8) is 0 Å². The van der Waals surface area contributed by atoms with E-state index < -0.39 is 16.1 Å². The van der Waals surface area contributed by atoms with Crippen LogP contribution in [0.4, 0.5) is 0 Å². The van der Waals surface area contributed by atoms with Crippen molar-refractivity contribution in [2.24, 2.45) is 0 Å². The average Bonchev–Trinajstić information content (AvgIpc) is 2.84. The third-order valence-corrected chi connectivity index (χ3v) is 4.04. The van der Waals surface area contributed by atoms with Gasteiger partial charge in [-0.1, -0.05) is 0 Å². The molecule has 2 heterocycles. The Morgan fingerprint density at radius 1 is 1.35 bits per heavy atom. The molecule has 0 bridgehead atoms. The number of nitrogens with zero attached hydrogens (tertiary/aromatic N) is 2. The molecule has 1 saturated heterocycles. The number of nitrogens with one attached hydrogen (secondary N) is 1. The molecule has 17 heavy (non-hydrogen) atoms. The minimum Gasteiger partial charge on any atom is -0.268 e. The van der Waals surface area contributed by atoms with Crippen molar-refractivity contribution in [1.82, 2.24) is 14.0 Å². The summed E-state index contributed by atoms with van der Waals surface area (Å²) in [5, 5.41) is 0. The van der Waals surface area contributed by atoms with Gasteiger partial charge in [0.1, 0.15) is 0 Å². The summed E-state index contributed by atoms with van der Waals surface area (Å²) in [7, 11) is -3.70. The fourth-order valence-electron chi connectivity index (χ4n) is 1.67. The highest BCUT2D eigenvalue weighted by atomic mass is 32.2. The summed E-state index contributed by atoms with van der Waals surface area (Å²) in [6.07, 6.45) is 4.52. The van der Waals surface area contributed by atoms with Gasteiger partial charge in [0.2, 0.25) is 0 Å². The first-order valence-electron chi connectivity index (χ1n) is 5.32. The van der Waals surface area contributed by atoms with Gasteiger partial charge in [-0.05, 0) is 25.0 Å². The predicted molar refractivity (Wildman–Crippen MR) is 61.4 cm³/mol. The molecule has 0 aliphatic carbocycles. The Kier molecular flexibility index (Phi) is 3.39. The monoisotopic (exact) mass is 255 g/mol. The fourth-order valence-corrected chi connectivity index (χ4v) is 2.89. The maximum Gasteiger partial charge on any atom is 0.304 e. The van der Waals surface area contributed by atoms with E-state index >= 15 is 0 Å². The van der Waals surface area contributed by atoms with E-state index in [1.165, 1.54) is 22.8 Å². The van der Waals surface area contributed by atoms with Crippen molar-refractivity contribution in [3.05, 3.63) is 30.1 Å². The van der Waals surface area contributed by atoms with Gasteiger partial charge in [-0.15, -0.1) is 0 Å². The van der Waals surface area contributed by atoms with Crippen molar-refractivity contribution in [2.45, 2.75) is 12.8 Å². The van der Waals surface area contributed by atoms with E-state index in [1.807, 2.05) is 4.72 Å². The molecule has 0 radical (unpaired) electrons. The number of aromatic nitrogens is 1. The number of hydrogen-bond donors (Lipinski definition) is 1. The van der Waals surface area contributed by atoms with Gasteiger partial charge in [-0.25, -0.2) is 4.72 Å². The number of hydrogen-bond acceptors (Lipinski definition) is 4. The van der Waals surface area contributed by atoms with E-state index in [4.69, 9.17) is 0 Å². The molecule has 1 aliphatic rings. The lowest BCUT2D eigenvalue weighted by Crippen LogP contribution is -2.42. The second-order valence-electron chi connectivity index (χ2n) is 3.78. The molecule has 1 aromatic rings. The third-order valence-electron chi connectivity index (χ3n) is 2.55. The van der Waals surface area contributed by atoms with Gasteiger partial charge in [0.25, 0.3) is 5.91 Å². The Balaban J connectivity index is 2.08. The number of amides is 1. The summed E-state index contributed by atoms with van der Waals surface area (Å²) < 4.78 is 26.9. The molecule has 6 nitrogen and oxygen atoms in total. The Hall–Kier alpha value is -1.47. The zero-order valence-corrected chi connectivity index (χ0v) is 9.98. The van der Waals surface area contributed by atoms with Crippen LogP contribution in [0.1, 0.15) is 23.2 Å². The Bertz CT molecular complexity index is 495. The fraction of sp³-hybridized carbons (Fsp3) is 0.400. The molecule has 1 fully saturated rings. The third kappa shape index (κ3) is 2.80. The van der Waals surface area contributed by atoms with E-state index in [0.29, 0.717) is 13.1 Å². The lowest BCUT2D eigenvalue weighted by molar-refractivity contribution is 0.0979. The second kappa shape index (κ2) is 4.80. The smallest absolute Gasteiger partial charge is 0.268 e. The summed E-state index contributed by atoms with van der Waals surface area (Å²) >= 11 is 0. The van der Waals surface area contributed by atoms with Gasteiger partial charge in [-0.3, -0.25) is 9.78 Å². The molecule has 0 atom stereocenters. The molecular weight excluding hydrogens is 242 g/mol. The highest BCUT2D eigenvalue weighted by Gasteiger charge is 2.27. The van der Waals surface area contributed by atoms with Crippen LogP contribution < -0.4 is 4.72 Å². The molecule has 1 N–H and O–H groups in total. The first-order chi connectivity index (χ1) is 8.09. The molecule has 0 aromatic carbocycles. The number of carbonyl (C=O) groups is 1. The molecule has 0 saturated carbocycles. The lowest BCUT2D eigenvalue weighted by Gasteiger charge is -2.15. The Morgan fingerprint density at radius 3 is 2.65 bits per heavy atom. The van der Waals surface area contributed by atoms with Crippen molar-refractivity contribution >= 4 is 16.1 Å². The van der Waals surface area contributed by atoms with Gasteiger partial charge in [0.05, 0.1) is 5.56 Å². The minimum absolute atomic E-state index is 0.232. The highest BCUT2D eigenvalue weighted by Crippen LogP contribution is 2.11. The number of rotatable bonds is 3. The lowest BCUT2D eigenvalue weighted by atomic mass is 10.3. The minimum atomic E-state index is -3.70. The molecule has 0 unspecified atom stereocenters. The molecule has 92 valence electrons. The molecule has 7 heteroatoms. The highest BCUT2D eigenvalue weighted by molar-refractivity contribution is 7.87. The first kappa shape index (κ1) is 12.0. The van der Waals surface area contributed by atoms with Crippen LogP contribution >= 0.6 is 0 Å². The van der Waals surface area contributed by atoms with Crippen LogP contribution in [-0.2, 0) is 10.2 Å². The van der Waals surface area contributed by atoms with Crippen molar-refractivity contribution in [3.8, 4) is 0 Å². The normalized spacial score (nSPS) is 16.9. The summed E-state index contributed by atoms with van der Waals surface area (Å²) in [5.41, 5.74) is 0.232. The standard InChI is InChI=1S/C10H13N3O3S/c14-10(9-4-3-5-11-8-9)12-17(15,16)13-6-1-2-7-13/h3-5,8H,1-2,6-7H2,(H,12,14). The largest absolute Gasteiger partial charge is 0.304 e. The average molecular weight is 255 g/mol. The van der Waals surface area contributed by atoms with Crippen LogP contribution in [0.15, 0.2) is 24.5 Å². The molecule has 2 rings (SSSR count). The van der Waals surface area contributed by atoms with Crippen LogP contribution in [0.25, 0.3) is 0 Å². The summed E-state index contributed by atoms with van der Waals surface area (Å²) in [6.45, 7) is 0.936. The van der Waals surface area contributed by atoms with Crippen LogP contribution in [-0.4, -0.2) is 36.7 Å². The van der Waals surface area contributed by atoms with E-state index in [1.54, 1.807) is 6.07 Å². The van der Waals surface area contributed by atoms with Crippen molar-refractivity contribution in [1.29, 1.82) is 0 Å². The zero-order chi connectivity index (χ0) is 12.3. The Labute approximate surface area is 99.8 Å². The molecule has 1 amide bonds. The Morgan fingerprint density at radius 2 is 2.06 bits per heavy atom. The van der Waals surface area contributed by atoms with Crippen LogP contribution in [0.2, 0.25) is 0 Å². The summed E-state index contributed by atoms with van der Waals surface area (Å²) in [6, 6.07) is 3.10. The van der Waals surface area contributed by atoms with Crippen LogP contribution in [0.5, 0.6) is 0 Å². The first-order valence-corrected chi connectivity index (χ1v) is 6.76. The topological polar surface area (TPSA) is 79.4 Å². The van der Waals surface area contributed by atoms with Crippen molar-refractivity contribution in [2.75, 3.05) is 13.1 Å². The maximum atomic E-state index is 11.8. The van der Waals surface area contributed by atoms with Gasteiger partial charge in [0.15, 0.2) is 0 Å². The quantitative estimate of drug-likeness (QED) is 0.834. The van der Waals surface area contributed by atoms with Gasteiger partial charge >= 0.3 is 10.2 Å². The van der Waals surface area contributed by atoms with Gasteiger partial charge < -0.3 is 0 Å². The van der Waals surface area contributed by atoms with E-state index in [9.17, 15) is 13.2 Å². The second-order valence-corrected chi connectivity index (χ2v) is 5.45. The zero-order valence-electron chi connectivity index (χ0n) is 9.17. The molecule has 0 spiro atoms. The van der Waals surface area contributed by atoms with Gasteiger partial charge in [0, 0.05) is 25.5 Å². The van der Waals surface area contributed by atoms with Crippen molar-refractivity contribution < 1.29 is 13.2 Å². The number of carbonyl (C=O) groups excluding carboxylic acids is 1. The number of pyridine rings is 1. The summed E-state index contributed by atoms with van der Waals surface area (Å²) in [4.78, 5) is 15.4. The predicted octanol–water partition coefficient (Wildman–Crippen LogP) is 0.152. The summed E-state index contributed by atoms with van der Waals surface area (Å²) in [5.74, 6) is -0.648. The molecular formula is C10H13N3O3S. The maximum absolute atomic E-state index is 11.8.